The lowest BCUT2D eigenvalue weighted by Gasteiger charge is -2.13. The van der Waals surface area contributed by atoms with E-state index in [1.165, 1.54) is 30.9 Å². The summed E-state index contributed by atoms with van der Waals surface area (Å²) in [5.41, 5.74) is 2.55. The molecule has 0 bridgehead atoms. The van der Waals surface area contributed by atoms with Crippen LogP contribution in [0.15, 0.2) is 73.3 Å². The van der Waals surface area contributed by atoms with Gasteiger partial charge in [0, 0.05) is 6.08 Å². The molecule has 0 fully saturated rings. The largest absolute Gasteiger partial charge is 0.493 e. The fourth-order valence-electron chi connectivity index (χ4n) is 3.86. The van der Waals surface area contributed by atoms with Crippen molar-refractivity contribution in [3.05, 3.63) is 95.6 Å². The van der Waals surface area contributed by atoms with E-state index < -0.39 is 17.9 Å². The summed E-state index contributed by atoms with van der Waals surface area (Å²) in [4.78, 5) is 36.6. The summed E-state index contributed by atoms with van der Waals surface area (Å²) in [5.74, 6) is -0.101. The summed E-state index contributed by atoms with van der Waals surface area (Å²) < 4.78 is 27.2. The Morgan fingerprint density at radius 1 is 0.780 bits per heavy atom. The number of esters is 3. The lowest BCUT2D eigenvalue weighted by molar-refractivity contribution is -0.137. The summed E-state index contributed by atoms with van der Waals surface area (Å²) in [7, 11) is 1.43. The van der Waals surface area contributed by atoms with Crippen molar-refractivity contribution < 1.29 is 38.1 Å². The van der Waals surface area contributed by atoms with E-state index in [-0.39, 0.29) is 17.1 Å². The summed E-state index contributed by atoms with van der Waals surface area (Å²) >= 11 is 0. The van der Waals surface area contributed by atoms with Gasteiger partial charge >= 0.3 is 17.9 Å². The zero-order valence-corrected chi connectivity index (χ0v) is 23.8. The van der Waals surface area contributed by atoms with Crippen LogP contribution in [-0.4, -0.2) is 38.2 Å². The highest BCUT2D eigenvalue weighted by atomic mass is 16.6. The van der Waals surface area contributed by atoms with Gasteiger partial charge in [0.05, 0.1) is 31.5 Å². The molecule has 0 radical (unpaired) electrons. The van der Waals surface area contributed by atoms with Gasteiger partial charge in [-0.3, -0.25) is 0 Å². The Labute approximate surface area is 240 Å². The van der Waals surface area contributed by atoms with Crippen LogP contribution in [0.5, 0.6) is 23.0 Å². The standard InChI is InChI=1S/C33H36O8/c1-5-7-10-24-11-15-27(16-12-24)40-32(35)26-14-18-29(30(22-26)37-4)41-33(36)25-13-17-28(23(3)21-25)38-19-8-9-20-39-31(34)6-2/h6,11-18,21-22H,2,5,7-10,19-20H2,1,3-4H3. The number of ether oxygens (including phenoxy) is 5. The summed E-state index contributed by atoms with van der Waals surface area (Å²) in [6, 6.07) is 16.9. The minimum Gasteiger partial charge on any atom is -0.493 e. The summed E-state index contributed by atoms with van der Waals surface area (Å²) in [6.45, 7) is 8.07. The van der Waals surface area contributed by atoms with Crippen LogP contribution in [-0.2, 0) is 16.0 Å². The zero-order valence-electron chi connectivity index (χ0n) is 23.8. The van der Waals surface area contributed by atoms with Crippen LogP contribution in [0, 0.1) is 6.92 Å². The van der Waals surface area contributed by atoms with Crippen molar-refractivity contribution in [2.45, 2.75) is 46.0 Å². The molecular formula is C33H36O8. The Bertz CT molecular complexity index is 1340. The van der Waals surface area contributed by atoms with Gasteiger partial charge in [-0.15, -0.1) is 0 Å². The molecule has 216 valence electrons. The molecular weight excluding hydrogens is 524 g/mol. The molecule has 0 spiro atoms. The third-order valence-electron chi connectivity index (χ3n) is 6.17. The first kappa shape index (κ1) is 30.9. The second-order valence-corrected chi connectivity index (χ2v) is 9.30. The van der Waals surface area contributed by atoms with E-state index in [4.69, 9.17) is 23.7 Å². The lowest BCUT2D eigenvalue weighted by Crippen LogP contribution is -2.12. The second kappa shape index (κ2) is 15.9. The average Bonchev–Trinajstić information content (AvgIpc) is 2.99. The quantitative estimate of drug-likeness (QED) is 0.0880. The maximum absolute atomic E-state index is 12.9. The molecule has 0 aliphatic carbocycles. The zero-order chi connectivity index (χ0) is 29.6. The predicted octanol–water partition coefficient (Wildman–Crippen LogP) is 6.67. The minimum atomic E-state index is -0.583. The number of rotatable bonds is 15. The maximum atomic E-state index is 12.9. The second-order valence-electron chi connectivity index (χ2n) is 9.30. The van der Waals surface area contributed by atoms with Crippen molar-refractivity contribution in [2.75, 3.05) is 20.3 Å². The van der Waals surface area contributed by atoms with Crippen LogP contribution in [0.1, 0.15) is 64.4 Å². The average molecular weight is 561 g/mol. The number of unbranched alkanes of at least 4 members (excludes halogenated alkanes) is 2. The molecule has 0 heterocycles. The van der Waals surface area contributed by atoms with Gasteiger partial charge in [-0.2, -0.15) is 0 Å². The highest BCUT2D eigenvalue weighted by Gasteiger charge is 2.17. The van der Waals surface area contributed by atoms with E-state index in [1.54, 1.807) is 30.3 Å². The van der Waals surface area contributed by atoms with Crippen molar-refractivity contribution >= 4 is 17.9 Å². The fourth-order valence-corrected chi connectivity index (χ4v) is 3.86. The maximum Gasteiger partial charge on any atom is 0.343 e. The number of benzene rings is 3. The Hall–Kier alpha value is -4.59. The molecule has 0 aliphatic rings. The monoisotopic (exact) mass is 560 g/mol. The third-order valence-corrected chi connectivity index (χ3v) is 6.17. The van der Waals surface area contributed by atoms with E-state index in [1.807, 2.05) is 19.1 Å². The van der Waals surface area contributed by atoms with Crippen molar-refractivity contribution in [3.8, 4) is 23.0 Å². The Kier molecular flexibility index (Phi) is 12.0. The molecule has 0 unspecified atom stereocenters. The van der Waals surface area contributed by atoms with Gasteiger partial charge < -0.3 is 23.7 Å². The summed E-state index contributed by atoms with van der Waals surface area (Å²) in [6.07, 6.45) is 5.69. The molecule has 8 nitrogen and oxygen atoms in total. The van der Waals surface area contributed by atoms with Crippen molar-refractivity contribution in [2.24, 2.45) is 0 Å². The molecule has 0 N–H and O–H groups in total. The molecule has 0 saturated heterocycles. The van der Waals surface area contributed by atoms with Crippen LogP contribution in [0.2, 0.25) is 0 Å². The smallest absolute Gasteiger partial charge is 0.343 e. The van der Waals surface area contributed by atoms with Crippen LogP contribution >= 0.6 is 0 Å². The van der Waals surface area contributed by atoms with Gasteiger partial charge in [0.15, 0.2) is 11.5 Å². The molecule has 3 rings (SSSR count). The van der Waals surface area contributed by atoms with E-state index in [0.717, 1.165) is 30.9 Å². The third kappa shape index (κ3) is 9.53. The number of hydrogen-bond acceptors (Lipinski definition) is 8. The number of hydrogen-bond donors (Lipinski definition) is 0. The fraction of sp³-hybridized carbons (Fsp3) is 0.303. The highest BCUT2D eigenvalue weighted by molar-refractivity contribution is 5.93. The molecule has 0 saturated carbocycles. The van der Waals surface area contributed by atoms with E-state index in [9.17, 15) is 14.4 Å². The first-order valence-electron chi connectivity index (χ1n) is 13.6. The molecule has 0 aliphatic heterocycles. The van der Waals surface area contributed by atoms with E-state index >= 15 is 0 Å². The molecule has 0 aromatic heterocycles. The normalized spacial score (nSPS) is 10.4. The Balaban J connectivity index is 1.56. The number of carbonyl (C=O) groups is 3. The number of carbonyl (C=O) groups excluding carboxylic acids is 3. The number of aryl methyl sites for hydroxylation is 2. The van der Waals surface area contributed by atoms with Gasteiger partial charge in [0.2, 0.25) is 0 Å². The lowest BCUT2D eigenvalue weighted by atomic mass is 10.1. The SMILES string of the molecule is C=CC(=O)OCCCCOc1ccc(C(=O)Oc2ccc(C(=O)Oc3ccc(CCCC)cc3)cc2OC)cc1C. The van der Waals surface area contributed by atoms with Gasteiger partial charge in [-0.25, -0.2) is 14.4 Å². The summed E-state index contributed by atoms with van der Waals surface area (Å²) in [5, 5.41) is 0. The van der Waals surface area contributed by atoms with Crippen LogP contribution in [0.3, 0.4) is 0 Å². The van der Waals surface area contributed by atoms with E-state index in [0.29, 0.717) is 43.1 Å². The van der Waals surface area contributed by atoms with E-state index in [2.05, 4.69) is 13.5 Å². The topological polar surface area (TPSA) is 97.4 Å². The van der Waals surface area contributed by atoms with Crippen molar-refractivity contribution in [1.82, 2.24) is 0 Å². The molecule has 41 heavy (non-hydrogen) atoms. The first-order valence-corrected chi connectivity index (χ1v) is 13.6. The Morgan fingerprint density at radius 2 is 1.44 bits per heavy atom. The van der Waals surface area contributed by atoms with Crippen LogP contribution in [0.25, 0.3) is 0 Å². The van der Waals surface area contributed by atoms with Gasteiger partial charge in [0.1, 0.15) is 11.5 Å². The van der Waals surface area contributed by atoms with Crippen molar-refractivity contribution in [1.29, 1.82) is 0 Å². The molecule has 3 aromatic rings. The van der Waals surface area contributed by atoms with Gasteiger partial charge in [-0.05, 0) is 92.3 Å². The van der Waals surface area contributed by atoms with Gasteiger partial charge in [-0.1, -0.05) is 32.1 Å². The van der Waals surface area contributed by atoms with Crippen molar-refractivity contribution in [3.63, 3.8) is 0 Å². The minimum absolute atomic E-state index is 0.171. The molecule has 0 amide bonds. The molecule has 0 atom stereocenters. The van der Waals surface area contributed by atoms with Gasteiger partial charge in [0.25, 0.3) is 0 Å². The number of methoxy groups -OCH3 is 1. The predicted molar refractivity (Wildman–Crippen MR) is 155 cm³/mol. The molecule has 3 aromatic carbocycles. The molecule has 8 heteroatoms. The van der Waals surface area contributed by atoms with Crippen LogP contribution < -0.4 is 18.9 Å². The first-order chi connectivity index (χ1) is 19.8. The Morgan fingerprint density at radius 3 is 2.10 bits per heavy atom. The van der Waals surface area contributed by atoms with Crippen LogP contribution in [0.4, 0.5) is 0 Å². The highest BCUT2D eigenvalue weighted by Crippen LogP contribution is 2.30.